The van der Waals surface area contributed by atoms with Crippen molar-refractivity contribution in [3.05, 3.63) is 82.4 Å². The number of urea groups is 1. The molecule has 0 unspecified atom stereocenters. The minimum atomic E-state index is -0.645. The molecule has 0 saturated carbocycles. The third kappa shape index (κ3) is 8.21. The van der Waals surface area contributed by atoms with E-state index in [0.29, 0.717) is 28.7 Å². The first-order valence-electron chi connectivity index (χ1n) is 14.8. The van der Waals surface area contributed by atoms with Gasteiger partial charge in [0.05, 0.1) is 36.8 Å². The predicted octanol–water partition coefficient (Wildman–Crippen LogP) is 5.19. The van der Waals surface area contributed by atoms with Crippen molar-refractivity contribution in [2.45, 2.75) is 65.1 Å². The van der Waals surface area contributed by atoms with Crippen LogP contribution in [0.4, 0.5) is 13.6 Å². The predicted molar refractivity (Wildman–Crippen MR) is 166 cm³/mol. The van der Waals surface area contributed by atoms with E-state index in [2.05, 4.69) is 10.6 Å². The molecule has 2 fully saturated rings. The van der Waals surface area contributed by atoms with E-state index in [1.807, 2.05) is 41.5 Å². The van der Waals surface area contributed by atoms with Crippen molar-refractivity contribution in [2.75, 3.05) is 19.6 Å². The Morgan fingerprint density at radius 2 is 1.34 bits per heavy atom. The molecular weight excluding hydrogens is 567 g/mol. The molecule has 2 saturated heterocycles. The van der Waals surface area contributed by atoms with Crippen molar-refractivity contribution >= 4 is 37.0 Å². The van der Waals surface area contributed by atoms with Gasteiger partial charge in [-0.15, -0.1) is 0 Å². The highest BCUT2D eigenvalue weighted by atomic mass is 19.1. The largest absolute Gasteiger partial charge is 0.481 e. The van der Waals surface area contributed by atoms with Crippen LogP contribution in [0.5, 0.6) is 0 Å². The van der Waals surface area contributed by atoms with Gasteiger partial charge in [-0.1, -0.05) is 38.1 Å². The monoisotopic (exact) mass is 607 g/mol. The number of nitrogens with one attached hydrogen (secondary N) is 2. The maximum absolute atomic E-state index is 13.5. The molecule has 8 nitrogen and oxygen atoms in total. The van der Waals surface area contributed by atoms with Crippen LogP contribution in [0.2, 0.25) is 0 Å². The Morgan fingerprint density at radius 3 is 1.77 bits per heavy atom. The van der Waals surface area contributed by atoms with E-state index in [0.717, 1.165) is 0 Å². The summed E-state index contributed by atoms with van der Waals surface area (Å²) in [6.45, 7) is 11.5. The van der Waals surface area contributed by atoms with E-state index in [4.69, 9.17) is 9.31 Å². The van der Waals surface area contributed by atoms with Gasteiger partial charge in [0, 0.05) is 11.1 Å². The highest BCUT2D eigenvalue weighted by molar-refractivity contribution is 6.48. The van der Waals surface area contributed by atoms with Gasteiger partial charge in [-0.05, 0) is 87.6 Å². The molecule has 2 aliphatic heterocycles. The molecule has 2 aliphatic rings. The third-order valence-corrected chi connectivity index (χ3v) is 8.09. The molecule has 0 aromatic heterocycles. The summed E-state index contributed by atoms with van der Waals surface area (Å²) >= 11 is 0. The number of hydrogen-bond donors (Lipinski definition) is 2. The smallest absolute Gasteiger partial charge is 0.402 e. The Balaban J connectivity index is 1.48. The number of piperidine rings is 1. The molecule has 11 heteroatoms. The van der Waals surface area contributed by atoms with Crippen LogP contribution in [0.25, 0.3) is 12.2 Å². The molecule has 3 amide bonds. The van der Waals surface area contributed by atoms with Crippen molar-refractivity contribution in [2.24, 2.45) is 5.92 Å². The lowest BCUT2D eigenvalue weighted by Gasteiger charge is -2.32. The Bertz CT molecular complexity index is 1350. The first kappa shape index (κ1) is 33.1. The zero-order valence-corrected chi connectivity index (χ0v) is 26.1. The molecule has 2 aromatic rings. The van der Waals surface area contributed by atoms with E-state index in [9.17, 15) is 23.2 Å². The zero-order chi connectivity index (χ0) is 32.2. The standard InChI is InChI=1S/C33H40BF2N3O5/c1-21(2)15-28(34-43-32(3,4)33(5,6)44-34)38-29(40)18-37-31(42)39-19-24(16-22-7-11-26(35)12-8-22)30(41)25(20-39)17-23-9-13-27(36)14-10-23/h7-14,16-17,21,28H,15,18-20H2,1-6H3,(H,37,42)(H,38,40)/b24-16+,25-17+/t28-/m0/s1. The van der Waals surface area contributed by atoms with Crippen LogP contribution >= 0.6 is 0 Å². The first-order chi connectivity index (χ1) is 20.6. The Hall–Kier alpha value is -3.83. The number of benzene rings is 2. The number of carbonyl (C=O) groups excluding carboxylic acids is 3. The van der Waals surface area contributed by atoms with Gasteiger partial charge in [0.15, 0.2) is 5.78 Å². The number of hydrogen-bond acceptors (Lipinski definition) is 5. The van der Waals surface area contributed by atoms with Crippen LogP contribution in [0.15, 0.2) is 59.7 Å². The Kier molecular flexibility index (Phi) is 10.1. The maximum Gasteiger partial charge on any atom is 0.481 e. The fraction of sp³-hybridized carbons (Fsp3) is 0.424. The van der Waals surface area contributed by atoms with Gasteiger partial charge in [-0.2, -0.15) is 0 Å². The fourth-order valence-electron chi connectivity index (χ4n) is 5.03. The summed E-state index contributed by atoms with van der Waals surface area (Å²) in [5, 5.41) is 5.62. The molecule has 1 atom stereocenters. The van der Waals surface area contributed by atoms with Gasteiger partial charge in [-0.25, -0.2) is 13.6 Å². The van der Waals surface area contributed by atoms with Gasteiger partial charge < -0.3 is 24.8 Å². The molecule has 2 heterocycles. The van der Waals surface area contributed by atoms with E-state index < -0.39 is 47.8 Å². The van der Waals surface area contributed by atoms with E-state index >= 15 is 0 Å². The quantitative estimate of drug-likeness (QED) is 0.318. The lowest BCUT2D eigenvalue weighted by molar-refractivity contribution is -0.120. The second-order valence-corrected chi connectivity index (χ2v) is 12.7. The summed E-state index contributed by atoms with van der Waals surface area (Å²) in [5.41, 5.74) is 0.695. The summed E-state index contributed by atoms with van der Waals surface area (Å²) in [6, 6.07) is 10.8. The molecule has 0 radical (unpaired) electrons. The second kappa shape index (κ2) is 13.4. The molecule has 0 aliphatic carbocycles. The number of carbonyl (C=O) groups is 3. The first-order valence-corrected chi connectivity index (χ1v) is 14.8. The number of halogens is 2. The minimum Gasteiger partial charge on any atom is -0.402 e. The number of amides is 3. The highest BCUT2D eigenvalue weighted by Gasteiger charge is 2.54. The van der Waals surface area contributed by atoms with Gasteiger partial charge >= 0.3 is 13.1 Å². The third-order valence-electron chi connectivity index (χ3n) is 8.09. The fourth-order valence-corrected chi connectivity index (χ4v) is 5.03. The van der Waals surface area contributed by atoms with Crippen LogP contribution in [0.1, 0.15) is 59.1 Å². The highest BCUT2D eigenvalue weighted by Crippen LogP contribution is 2.38. The summed E-state index contributed by atoms with van der Waals surface area (Å²) in [6.07, 6.45) is 3.82. The SMILES string of the molecule is CC(C)C[C@H](NC(=O)CNC(=O)N1C/C(=C\c2ccc(F)cc2)C(=O)/C(=C/c2ccc(F)cc2)C1)B1OC(C)(C)C(C)(C)O1. The second-order valence-electron chi connectivity index (χ2n) is 12.7. The molecular formula is C33H40BF2N3O5. The van der Waals surface area contributed by atoms with E-state index in [-0.39, 0.29) is 31.3 Å². The number of ketones is 1. The van der Waals surface area contributed by atoms with Crippen LogP contribution in [0, 0.1) is 17.6 Å². The lowest BCUT2D eigenvalue weighted by atomic mass is 9.74. The summed E-state index contributed by atoms with van der Waals surface area (Å²) in [7, 11) is -0.645. The molecule has 0 bridgehead atoms. The molecule has 0 spiro atoms. The average molecular weight is 608 g/mol. The molecule has 2 N–H and O–H groups in total. The Labute approximate surface area is 258 Å². The van der Waals surface area contributed by atoms with Crippen molar-refractivity contribution in [3.63, 3.8) is 0 Å². The van der Waals surface area contributed by atoms with E-state index in [1.165, 1.54) is 53.4 Å². The normalized spacial score (nSPS) is 20.3. The zero-order valence-electron chi connectivity index (χ0n) is 26.1. The van der Waals surface area contributed by atoms with Gasteiger partial charge in [-0.3, -0.25) is 9.59 Å². The number of nitrogens with zero attached hydrogens (tertiary/aromatic N) is 1. The van der Waals surface area contributed by atoms with Crippen molar-refractivity contribution in [1.82, 2.24) is 15.5 Å². The molecule has 4 rings (SSSR count). The van der Waals surface area contributed by atoms with Crippen LogP contribution in [0.3, 0.4) is 0 Å². The minimum absolute atomic E-state index is 0.0195. The van der Waals surface area contributed by atoms with E-state index in [1.54, 1.807) is 12.2 Å². The van der Waals surface area contributed by atoms with Crippen molar-refractivity contribution in [1.29, 1.82) is 0 Å². The van der Waals surface area contributed by atoms with Gasteiger partial charge in [0.25, 0.3) is 0 Å². The van der Waals surface area contributed by atoms with Crippen LogP contribution in [-0.4, -0.2) is 66.5 Å². The topological polar surface area (TPSA) is 97.0 Å². The van der Waals surface area contributed by atoms with Gasteiger partial charge in [0.2, 0.25) is 5.91 Å². The van der Waals surface area contributed by atoms with Crippen molar-refractivity contribution < 1.29 is 32.5 Å². The van der Waals surface area contributed by atoms with Crippen LogP contribution < -0.4 is 10.6 Å². The number of rotatable bonds is 8. The molecule has 44 heavy (non-hydrogen) atoms. The van der Waals surface area contributed by atoms with Gasteiger partial charge in [0.1, 0.15) is 11.6 Å². The summed E-state index contributed by atoms with van der Waals surface area (Å²) in [4.78, 5) is 41.1. The average Bonchev–Trinajstić information content (AvgIpc) is 3.17. The van der Waals surface area contributed by atoms with Crippen LogP contribution in [-0.2, 0) is 18.9 Å². The number of Topliss-reactive ketones (excluding diaryl/α,β-unsaturated/α-hetero) is 1. The number of likely N-dealkylation sites (tertiary alicyclic amines) is 1. The molecule has 234 valence electrons. The maximum atomic E-state index is 13.5. The summed E-state index contributed by atoms with van der Waals surface area (Å²) in [5.74, 6) is -1.68. The summed E-state index contributed by atoms with van der Waals surface area (Å²) < 4.78 is 39.3. The molecule has 2 aromatic carbocycles. The lowest BCUT2D eigenvalue weighted by Crippen LogP contribution is -2.53. The van der Waals surface area contributed by atoms with Crippen molar-refractivity contribution in [3.8, 4) is 0 Å². The Morgan fingerprint density at radius 1 is 0.886 bits per heavy atom.